The molecule has 180 valence electrons. The summed E-state index contributed by atoms with van der Waals surface area (Å²) in [5, 5.41) is 20.0. The van der Waals surface area contributed by atoms with Gasteiger partial charge in [-0.2, -0.15) is 0 Å². The fourth-order valence-electron chi connectivity index (χ4n) is 3.32. The van der Waals surface area contributed by atoms with Crippen LogP contribution >= 0.6 is 0 Å². The van der Waals surface area contributed by atoms with Gasteiger partial charge in [-0.3, -0.25) is 19.7 Å². The maximum absolute atomic E-state index is 14.5. The molecule has 0 spiro atoms. The number of ether oxygens (including phenoxy) is 1. The summed E-state index contributed by atoms with van der Waals surface area (Å²) < 4.78 is 33.6. The quantitative estimate of drug-likeness (QED) is 0.286. The summed E-state index contributed by atoms with van der Waals surface area (Å²) >= 11 is 0. The molecule has 34 heavy (non-hydrogen) atoms. The van der Waals surface area contributed by atoms with E-state index in [0.29, 0.717) is 12.5 Å². The highest BCUT2D eigenvalue weighted by atomic mass is 19.2. The number of morpholine rings is 1. The second-order valence-corrected chi connectivity index (χ2v) is 7.94. The first-order valence-corrected chi connectivity index (χ1v) is 10.5. The SMILES string of the molecule is C[C@@](O)(F)[C@H](NC(=O)c1ccc(C#Cc2ccc(CN3CCOCC3)cc2)c(F)c1)C(=O)NO. The molecule has 1 heterocycles. The van der Waals surface area contributed by atoms with Crippen molar-refractivity contribution < 1.29 is 33.4 Å². The number of aliphatic hydroxyl groups is 1. The Morgan fingerprint density at radius 1 is 1.18 bits per heavy atom. The Hall–Kier alpha value is -3.36. The monoisotopic (exact) mass is 473 g/mol. The summed E-state index contributed by atoms with van der Waals surface area (Å²) in [6.07, 6.45) is 0. The molecule has 0 aliphatic carbocycles. The summed E-state index contributed by atoms with van der Waals surface area (Å²) in [4.78, 5) is 26.1. The van der Waals surface area contributed by atoms with Gasteiger partial charge in [-0.25, -0.2) is 14.3 Å². The van der Waals surface area contributed by atoms with Gasteiger partial charge in [-0.05, 0) is 42.8 Å². The van der Waals surface area contributed by atoms with Crippen molar-refractivity contribution >= 4 is 11.8 Å². The van der Waals surface area contributed by atoms with Crippen LogP contribution in [0.15, 0.2) is 42.5 Å². The molecule has 2 aromatic carbocycles. The molecule has 2 amide bonds. The minimum absolute atomic E-state index is 0.0380. The Morgan fingerprint density at radius 2 is 1.85 bits per heavy atom. The average Bonchev–Trinajstić information content (AvgIpc) is 2.82. The van der Waals surface area contributed by atoms with Gasteiger partial charge in [0.2, 0.25) is 5.85 Å². The molecule has 1 fully saturated rings. The Bertz CT molecular complexity index is 1080. The predicted octanol–water partition coefficient (Wildman–Crippen LogP) is 1.34. The van der Waals surface area contributed by atoms with E-state index in [-0.39, 0.29) is 11.1 Å². The standard InChI is InChI=1S/C24H25F2N3O5/c1-24(26,32)21(23(31)28-33)27-22(30)19-9-8-18(20(25)14-19)7-6-16-2-4-17(5-3-16)15-29-10-12-34-13-11-29/h2-5,8-9,14,21,32-33H,10-13,15H2,1H3,(H,27,30)(H,28,31)/t21-,24+/m1/s1. The Balaban J connectivity index is 1.66. The van der Waals surface area contributed by atoms with Crippen LogP contribution in [-0.2, 0) is 16.1 Å². The molecule has 1 saturated heterocycles. The number of nitrogens with one attached hydrogen (secondary N) is 2. The van der Waals surface area contributed by atoms with Crippen LogP contribution in [0.2, 0.25) is 0 Å². The van der Waals surface area contributed by atoms with E-state index in [1.54, 1.807) is 0 Å². The van der Waals surface area contributed by atoms with Gasteiger partial charge >= 0.3 is 0 Å². The van der Waals surface area contributed by atoms with E-state index in [1.165, 1.54) is 12.1 Å². The highest BCUT2D eigenvalue weighted by Gasteiger charge is 2.39. The van der Waals surface area contributed by atoms with E-state index < -0.39 is 29.5 Å². The molecule has 0 aromatic heterocycles. The minimum Gasteiger partial charge on any atom is -0.379 e. The van der Waals surface area contributed by atoms with Gasteiger partial charge in [0.25, 0.3) is 11.8 Å². The number of carbonyl (C=O) groups is 2. The Labute approximate surface area is 195 Å². The van der Waals surface area contributed by atoms with Gasteiger partial charge in [0.05, 0.1) is 18.8 Å². The fourth-order valence-corrected chi connectivity index (χ4v) is 3.32. The Morgan fingerprint density at radius 3 is 2.44 bits per heavy atom. The number of hydrogen-bond donors (Lipinski definition) is 4. The lowest BCUT2D eigenvalue weighted by Crippen LogP contribution is -2.56. The molecule has 8 nitrogen and oxygen atoms in total. The summed E-state index contributed by atoms with van der Waals surface area (Å²) in [7, 11) is 0. The largest absolute Gasteiger partial charge is 0.379 e. The fraction of sp³-hybridized carbons (Fsp3) is 0.333. The lowest BCUT2D eigenvalue weighted by atomic mass is 10.1. The molecule has 0 unspecified atom stereocenters. The summed E-state index contributed by atoms with van der Waals surface area (Å²) in [6, 6.07) is 8.90. The molecular formula is C24H25F2N3O5. The first kappa shape index (κ1) is 25.3. The van der Waals surface area contributed by atoms with Crippen LogP contribution in [0.4, 0.5) is 8.78 Å². The molecule has 3 rings (SSSR count). The van der Waals surface area contributed by atoms with Crippen molar-refractivity contribution in [2.75, 3.05) is 26.3 Å². The minimum atomic E-state index is -3.16. The predicted molar refractivity (Wildman–Crippen MR) is 118 cm³/mol. The maximum Gasteiger partial charge on any atom is 0.271 e. The number of benzene rings is 2. The molecule has 1 aliphatic heterocycles. The van der Waals surface area contributed by atoms with Crippen molar-refractivity contribution in [1.82, 2.24) is 15.7 Å². The summed E-state index contributed by atoms with van der Waals surface area (Å²) in [5.41, 5.74) is 2.79. The molecular weight excluding hydrogens is 448 g/mol. The highest BCUT2D eigenvalue weighted by Crippen LogP contribution is 2.15. The maximum atomic E-state index is 14.5. The topological polar surface area (TPSA) is 111 Å². The van der Waals surface area contributed by atoms with E-state index in [0.717, 1.165) is 50.0 Å². The molecule has 4 N–H and O–H groups in total. The van der Waals surface area contributed by atoms with Crippen molar-refractivity contribution in [2.24, 2.45) is 0 Å². The summed E-state index contributed by atoms with van der Waals surface area (Å²) in [5.74, 6) is -0.781. The van der Waals surface area contributed by atoms with Gasteiger partial charge in [-0.1, -0.05) is 24.0 Å². The number of amides is 2. The Kier molecular flexibility index (Phi) is 8.31. The first-order chi connectivity index (χ1) is 16.2. The van der Waals surface area contributed by atoms with E-state index in [4.69, 9.17) is 9.94 Å². The zero-order chi connectivity index (χ0) is 24.7. The number of hydroxylamine groups is 1. The van der Waals surface area contributed by atoms with E-state index >= 15 is 0 Å². The van der Waals surface area contributed by atoms with Crippen LogP contribution in [0.3, 0.4) is 0 Å². The molecule has 2 aromatic rings. The lowest BCUT2D eigenvalue weighted by molar-refractivity contribution is -0.150. The normalized spacial score (nSPS) is 16.5. The summed E-state index contributed by atoms with van der Waals surface area (Å²) in [6.45, 7) is 4.67. The van der Waals surface area contributed by atoms with Gasteiger partial charge in [0, 0.05) is 30.8 Å². The number of alkyl halides is 1. The third-order valence-electron chi connectivity index (χ3n) is 5.21. The van der Waals surface area contributed by atoms with Crippen molar-refractivity contribution in [1.29, 1.82) is 0 Å². The third kappa shape index (κ3) is 6.82. The van der Waals surface area contributed by atoms with Crippen LogP contribution in [-0.4, -0.2) is 65.2 Å². The number of hydrogen-bond acceptors (Lipinski definition) is 6. The smallest absolute Gasteiger partial charge is 0.271 e. The average molecular weight is 473 g/mol. The van der Waals surface area contributed by atoms with Gasteiger partial charge in [-0.15, -0.1) is 0 Å². The van der Waals surface area contributed by atoms with Crippen LogP contribution in [0.1, 0.15) is 34.0 Å². The van der Waals surface area contributed by atoms with Crippen molar-refractivity contribution in [3.8, 4) is 11.8 Å². The molecule has 0 saturated carbocycles. The zero-order valence-corrected chi connectivity index (χ0v) is 18.5. The van der Waals surface area contributed by atoms with E-state index in [2.05, 4.69) is 16.7 Å². The molecule has 0 bridgehead atoms. The lowest BCUT2D eigenvalue weighted by Gasteiger charge is -2.26. The second kappa shape index (κ2) is 11.2. The molecule has 0 radical (unpaired) electrons. The van der Waals surface area contributed by atoms with Gasteiger partial charge in [0.1, 0.15) is 5.82 Å². The van der Waals surface area contributed by atoms with Crippen LogP contribution in [0.25, 0.3) is 0 Å². The number of halogens is 2. The zero-order valence-electron chi connectivity index (χ0n) is 18.5. The van der Waals surface area contributed by atoms with Gasteiger partial charge in [0.15, 0.2) is 6.04 Å². The van der Waals surface area contributed by atoms with Crippen molar-refractivity contribution in [3.63, 3.8) is 0 Å². The van der Waals surface area contributed by atoms with E-state index in [1.807, 2.05) is 29.6 Å². The molecule has 10 heteroatoms. The van der Waals surface area contributed by atoms with Crippen molar-refractivity contribution in [2.45, 2.75) is 25.4 Å². The van der Waals surface area contributed by atoms with Crippen molar-refractivity contribution in [3.05, 3.63) is 70.5 Å². The van der Waals surface area contributed by atoms with E-state index in [9.17, 15) is 23.5 Å². The second-order valence-electron chi connectivity index (χ2n) is 7.94. The molecule has 1 aliphatic rings. The number of carbonyl (C=O) groups excluding carboxylic acids is 2. The number of nitrogens with zero attached hydrogens (tertiary/aromatic N) is 1. The number of rotatable bonds is 6. The van der Waals surface area contributed by atoms with Gasteiger partial charge < -0.3 is 15.2 Å². The first-order valence-electron chi connectivity index (χ1n) is 10.5. The van der Waals surface area contributed by atoms with Crippen LogP contribution in [0.5, 0.6) is 0 Å². The van der Waals surface area contributed by atoms with Crippen LogP contribution in [0, 0.1) is 17.7 Å². The van der Waals surface area contributed by atoms with Crippen LogP contribution < -0.4 is 10.8 Å². The highest BCUT2D eigenvalue weighted by molar-refractivity contribution is 5.97. The molecule has 2 atom stereocenters. The third-order valence-corrected chi connectivity index (χ3v) is 5.21.